The molecule has 1 N–H and O–H groups in total. The van der Waals surface area contributed by atoms with Crippen LogP contribution in [0.3, 0.4) is 0 Å². The van der Waals surface area contributed by atoms with Gasteiger partial charge in [0.25, 0.3) is 0 Å². The number of imidazole rings is 1. The summed E-state index contributed by atoms with van der Waals surface area (Å²) in [5.41, 5.74) is 0.822. The fraction of sp³-hybridized carbons (Fsp3) is 0.125. The summed E-state index contributed by atoms with van der Waals surface area (Å²) in [4.78, 5) is 18.8. The minimum Gasteiger partial charge on any atom is -0.477 e. The van der Waals surface area contributed by atoms with E-state index in [2.05, 4.69) is 9.97 Å². The Labute approximate surface area is 83.7 Å². The van der Waals surface area contributed by atoms with Gasteiger partial charge in [0.1, 0.15) is 9.88 Å². The molecule has 14 heavy (non-hydrogen) atoms. The summed E-state index contributed by atoms with van der Waals surface area (Å²) in [6.07, 6.45) is 4.66. The normalized spacial score (nSPS) is 10.4. The van der Waals surface area contributed by atoms with Crippen LogP contribution in [0, 0.1) is 0 Å². The van der Waals surface area contributed by atoms with E-state index in [0.717, 1.165) is 17.0 Å². The maximum absolute atomic E-state index is 10.6. The van der Waals surface area contributed by atoms with E-state index in [1.807, 2.05) is 7.05 Å². The number of hydrogen-bond acceptors (Lipinski definition) is 4. The second-order valence-corrected chi connectivity index (χ2v) is 3.76. The van der Waals surface area contributed by atoms with Gasteiger partial charge in [0.05, 0.1) is 24.4 Å². The summed E-state index contributed by atoms with van der Waals surface area (Å²) in [5, 5.41) is 9.38. The Balaban J connectivity index is 2.43. The summed E-state index contributed by atoms with van der Waals surface area (Å²) in [6.45, 7) is 0. The molecule has 0 amide bonds. The molecule has 2 aromatic heterocycles. The highest BCUT2D eigenvalue weighted by Crippen LogP contribution is 2.23. The molecule has 6 heteroatoms. The number of hydrogen-bond donors (Lipinski definition) is 1. The first kappa shape index (κ1) is 8.89. The summed E-state index contributed by atoms with van der Waals surface area (Å²) >= 11 is 1.14. The minimum absolute atomic E-state index is 0.237. The van der Waals surface area contributed by atoms with Gasteiger partial charge in [-0.2, -0.15) is 0 Å². The molecule has 2 rings (SSSR count). The zero-order chi connectivity index (χ0) is 10.1. The smallest absolute Gasteiger partial charge is 0.347 e. The first-order valence-electron chi connectivity index (χ1n) is 3.84. The Kier molecular flexibility index (Phi) is 2.05. The van der Waals surface area contributed by atoms with Crippen LogP contribution in [0.2, 0.25) is 0 Å². The Morgan fingerprint density at radius 3 is 2.86 bits per heavy atom. The third kappa shape index (κ3) is 1.39. The van der Waals surface area contributed by atoms with E-state index in [1.54, 1.807) is 17.1 Å². The van der Waals surface area contributed by atoms with Crippen molar-refractivity contribution in [2.45, 2.75) is 0 Å². The molecule has 72 valence electrons. The van der Waals surface area contributed by atoms with Crippen LogP contribution in [0.15, 0.2) is 18.7 Å². The molecule has 0 fully saturated rings. The molecule has 0 bridgehead atoms. The van der Waals surface area contributed by atoms with E-state index in [1.165, 1.54) is 6.20 Å². The van der Waals surface area contributed by atoms with E-state index < -0.39 is 5.97 Å². The van der Waals surface area contributed by atoms with Crippen molar-refractivity contribution in [1.82, 2.24) is 14.5 Å². The molecule has 0 aliphatic heterocycles. The van der Waals surface area contributed by atoms with Crippen molar-refractivity contribution in [3.05, 3.63) is 23.6 Å². The van der Waals surface area contributed by atoms with E-state index in [9.17, 15) is 4.79 Å². The lowest BCUT2D eigenvalue weighted by atomic mass is 10.5. The summed E-state index contributed by atoms with van der Waals surface area (Å²) in [7, 11) is 1.84. The Morgan fingerprint density at radius 1 is 1.57 bits per heavy atom. The number of thiazole rings is 1. The topological polar surface area (TPSA) is 68.0 Å². The maximum Gasteiger partial charge on any atom is 0.347 e. The highest BCUT2D eigenvalue weighted by atomic mass is 32.1. The largest absolute Gasteiger partial charge is 0.477 e. The fourth-order valence-corrected chi connectivity index (χ4v) is 1.86. The number of aromatic carboxylic acids is 1. The lowest BCUT2D eigenvalue weighted by Crippen LogP contribution is -1.89. The highest BCUT2D eigenvalue weighted by Gasteiger charge is 2.11. The van der Waals surface area contributed by atoms with Gasteiger partial charge in [-0.15, -0.1) is 11.3 Å². The maximum atomic E-state index is 10.6. The minimum atomic E-state index is -0.948. The molecule has 2 heterocycles. The van der Waals surface area contributed by atoms with Gasteiger partial charge in [-0.05, 0) is 0 Å². The molecule has 2 aromatic rings. The Morgan fingerprint density at radius 2 is 2.36 bits per heavy atom. The van der Waals surface area contributed by atoms with Crippen LogP contribution < -0.4 is 0 Å². The zero-order valence-electron chi connectivity index (χ0n) is 7.34. The Bertz CT molecular complexity index is 474. The van der Waals surface area contributed by atoms with Crippen LogP contribution in [0.4, 0.5) is 0 Å². The monoisotopic (exact) mass is 209 g/mol. The van der Waals surface area contributed by atoms with Gasteiger partial charge in [0.15, 0.2) is 0 Å². The van der Waals surface area contributed by atoms with E-state index >= 15 is 0 Å². The SMILES string of the molecule is Cn1cncc1-c1ncc(C(=O)O)s1. The molecule has 0 aliphatic rings. The molecule has 0 saturated heterocycles. The van der Waals surface area contributed by atoms with Crippen LogP contribution in [0.1, 0.15) is 9.67 Å². The van der Waals surface area contributed by atoms with E-state index in [4.69, 9.17) is 5.11 Å². The summed E-state index contributed by atoms with van der Waals surface area (Å²) in [6, 6.07) is 0. The average Bonchev–Trinajstić information content (AvgIpc) is 2.71. The van der Waals surface area contributed by atoms with Crippen LogP contribution in [0.5, 0.6) is 0 Å². The molecule has 0 aliphatic carbocycles. The van der Waals surface area contributed by atoms with Crippen LogP contribution >= 0.6 is 11.3 Å². The van der Waals surface area contributed by atoms with Crippen LogP contribution in [-0.4, -0.2) is 25.6 Å². The molecule has 0 atom stereocenters. The molecule has 0 saturated carbocycles. The summed E-state index contributed by atoms with van der Waals surface area (Å²) in [5.74, 6) is -0.948. The van der Waals surface area contributed by atoms with Crippen molar-refractivity contribution in [1.29, 1.82) is 0 Å². The number of aryl methyl sites for hydroxylation is 1. The van der Waals surface area contributed by atoms with Crippen molar-refractivity contribution in [3.63, 3.8) is 0 Å². The van der Waals surface area contributed by atoms with Crippen molar-refractivity contribution in [3.8, 4) is 10.7 Å². The number of carbonyl (C=O) groups is 1. The predicted molar refractivity (Wildman–Crippen MR) is 51.3 cm³/mol. The van der Waals surface area contributed by atoms with Crippen molar-refractivity contribution in [2.24, 2.45) is 7.05 Å². The van der Waals surface area contributed by atoms with Gasteiger partial charge in [-0.25, -0.2) is 14.8 Å². The quantitative estimate of drug-likeness (QED) is 0.808. The molecule has 0 unspecified atom stereocenters. The lowest BCUT2D eigenvalue weighted by Gasteiger charge is -1.94. The van der Waals surface area contributed by atoms with E-state index in [0.29, 0.717) is 5.01 Å². The van der Waals surface area contributed by atoms with Crippen molar-refractivity contribution in [2.75, 3.05) is 0 Å². The number of rotatable bonds is 2. The highest BCUT2D eigenvalue weighted by molar-refractivity contribution is 7.16. The van der Waals surface area contributed by atoms with E-state index in [-0.39, 0.29) is 4.88 Å². The number of nitrogens with zero attached hydrogens (tertiary/aromatic N) is 3. The number of carboxylic acid groups (broad SMARTS) is 1. The first-order valence-corrected chi connectivity index (χ1v) is 4.66. The second kappa shape index (κ2) is 3.22. The standard InChI is InChI=1S/C8H7N3O2S/c1-11-4-9-2-5(11)7-10-3-6(14-7)8(12)13/h2-4H,1H3,(H,12,13). The second-order valence-electron chi connectivity index (χ2n) is 2.72. The third-order valence-corrected chi connectivity index (χ3v) is 2.76. The molecule has 5 nitrogen and oxygen atoms in total. The van der Waals surface area contributed by atoms with Crippen LogP contribution in [0.25, 0.3) is 10.7 Å². The van der Waals surface area contributed by atoms with Gasteiger partial charge in [0, 0.05) is 7.05 Å². The van der Waals surface area contributed by atoms with Crippen LogP contribution in [-0.2, 0) is 7.05 Å². The lowest BCUT2D eigenvalue weighted by molar-refractivity contribution is 0.0702. The van der Waals surface area contributed by atoms with Gasteiger partial charge in [0.2, 0.25) is 0 Å². The Hall–Kier alpha value is -1.69. The first-order chi connectivity index (χ1) is 6.68. The number of carboxylic acids is 1. The molecular formula is C8H7N3O2S. The molecule has 0 radical (unpaired) electrons. The molecular weight excluding hydrogens is 202 g/mol. The van der Waals surface area contributed by atoms with Gasteiger partial charge < -0.3 is 9.67 Å². The zero-order valence-corrected chi connectivity index (χ0v) is 8.15. The third-order valence-electron chi connectivity index (χ3n) is 1.75. The van der Waals surface area contributed by atoms with Gasteiger partial charge in [-0.1, -0.05) is 0 Å². The summed E-state index contributed by atoms with van der Waals surface area (Å²) < 4.78 is 1.80. The fourth-order valence-electron chi connectivity index (χ4n) is 1.05. The van der Waals surface area contributed by atoms with Crippen molar-refractivity contribution < 1.29 is 9.90 Å². The van der Waals surface area contributed by atoms with Gasteiger partial charge in [-0.3, -0.25) is 0 Å². The predicted octanol–water partition coefficient (Wildman–Crippen LogP) is 1.24. The molecule has 0 aromatic carbocycles. The van der Waals surface area contributed by atoms with Crippen molar-refractivity contribution >= 4 is 17.3 Å². The number of aromatic nitrogens is 3. The average molecular weight is 209 g/mol. The van der Waals surface area contributed by atoms with Gasteiger partial charge >= 0.3 is 5.97 Å². The molecule has 0 spiro atoms.